The van der Waals surface area contributed by atoms with Crippen molar-refractivity contribution in [3.8, 4) is 0 Å². The Morgan fingerprint density at radius 1 is 1.33 bits per heavy atom. The average Bonchev–Trinajstić information content (AvgIpc) is 1.63. The van der Waals surface area contributed by atoms with Crippen molar-refractivity contribution in [3.05, 3.63) is 0 Å². The molecule has 0 unspecified atom stereocenters. The average molecular weight is 146 g/mol. The van der Waals surface area contributed by atoms with Crippen LogP contribution in [-0.4, -0.2) is 12.8 Å². The molecule has 0 atom stereocenters. The van der Waals surface area contributed by atoms with E-state index in [2.05, 4.69) is 30.4 Å². The molecule has 54 valence electrons. The number of nitrogens with zero attached hydrogens (tertiary/aromatic N) is 2. The van der Waals surface area contributed by atoms with E-state index in [9.17, 15) is 0 Å². The second-order valence-corrected chi connectivity index (χ2v) is 3.83. The molecule has 0 aromatic heterocycles. The Morgan fingerprint density at radius 2 is 1.89 bits per heavy atom. The van der Waals surface area contributed by atoms with Crippen LogP contribution in [0.25, 0.3) is 0 Å². The quantitative estimate of drug-likeness (QED) is 0.434. The van der Waals surface area contributed by atoms with Gasteiger partial charge in [0.15, 0.2) is 0 Å². The van der Waals surface area contributed by atoms with Crippen molar-refractivity contribution in [1.29, 1.82) is 0 Å². The lowest BCUT2D eigenvalue weighted by molar-refractivity contribution is 0.481. The normalized spacial score (nSPS) is 12.9. The highest BCUT2D eigenvalue weighted by molar-refractivity contribution is 7.97. The summed E-state index contributed by atoms with van der Waals surface area (Å²) in [5, 5.41) is 3.63. The van der Waals surface area contributed by atoms with Crippen LogP contribution in [-0.2, 0) is 0 Å². The first-order valence-electron chi connectivity index (χ1n) is 2.97. The summed E-state index contributed by atoms with van der Waals surface area (Å²) in [5.74, 6) is 1.03. The van der Waals surface area contributed by atoms with Crippen LogP contribution in [0.3, 0.4) is 0 Å². The SMILES string of the molecule is C/N=N\SCC(C)(C)C. The zero-order valence-electron chi connectivity index (χ0n) is 6.51. The first-order valence-corrected chi connectivity index (χ1v) is 3.91. The minimum atomic E-state index is 0.360. The highest BCUT2D eigenvalue weighted by atomic mass is 32.2. The van der Waals surface area contributed by atoms with Gasteiger partial charge in [0.05, 0.1) is 0 Å². The van der Waals surface area contributed by atoms with Crippen molar-refractivity contribution >= 4 is 11.9 Å². The lowest BCUT2D eigenvalue weighted by Gasteiger charge is -2.13. The molecule has 0 radical (unpaired) electrons. The fourth-order valence-corrected chi connectivity index (χ4v) is 0.841. The lowest BCUT2D eigenvalue weighted by atomic mass is 10.0. The van der Waals surface area contributed by atoms with E-state index in [1.165, 1.54) is 11.9 Å². The molecule has 0 saturated heterocycles. The maximum Gasteiger partial charge on any atom is 0.0498 e. The van der Waals surface area contributed by atoms with Crippen molar-refractivity contribution in [1.82, 2.24) is 0 Å². The zero-order valence-corrected chi connectivity index (χ0v) is 7.33. The van der Waals surface area contributed by atoms with Crippen LogP contribution in [0.5, 0.6) is 0 Å². The summed E-state index contributed by atoms with van der Waals surface area (Å²) >= 11 is 1.52. The van der Waals surface area contributed by atoms with Gasteiger partial charge in [-0.3, -0.25) is 0 Å². The van der Waals surface area contributed by atoms with E-state index in [1.54, 1.807) is 7.05 Å². The van der Waals surface area contributed by atoms with Gasteiger partial charge in [0.1, 0.15) is 0 Å². The second-order valence-electron chi connectivity index (χ2n) is 3.12. The predicted molar refractivity (Wildman–Crippen MR) is 42.7 cm³/mol. The Morgan fingerprint density at radius 3 is 2.22 bits per heavy atom. The molecule has 0 aromatic rings. The molecule has 0 N–H and O–H groups in total. The standard InChI is InChI=1S/C6H14N2S/c1-6(2,3)5-9-8-7-4/h5H2,1-4H3/b8-7-. The third-order valence-corrected chi connectivity index (χ3v) is 1.91. The maximum absolute atomic E-state index is 3.80. The molecule has 0 spiro atoms. The minimum absolute atomic E-state index is 0.360. The van der Waals surface area contributed by atoms with Crippen LogP contribution in [0.1, 0.15) is 20.8 Å². The predicted octanol–water partition coefficient (Wildman–Crippen LogP) is 2.76. The van der Waals surface area contributed by atoms with Gasteiger partial charge in [0.2, 0.25) is 0 Å². The highest BCUT2D eigenvalue weighted by Crippen LogP contribution is 2.20. The molecular formula is C6H14N2S. The Bertz CT molecular complexity index is 93.7. The Labute approximate surface area is 61.3 Å². The molecule has 0 aromatic carbocycles. The lowest BCUT2D eigenvalue weighted by Crippen LogP contribution is -2.07. The van der Waals surface area contributed by atoms with Gasteiger partial charge in [-0.1, -0.05) is 20.8 Å². The van der Waals surface area contributed by atoms with E-state index in [-0.39, 0.29) is 0 Å². The van der Waals surface area contributed by atoms with Crippen molar-refractivity contribution < 1.29 is 0 Å². The molecule has 3 heteroatoms. The molecule has 0 bridgehead atoms. The van der Waals surface area contributed by atoms with Crippen molar-refractivity contribution in [2.75, 3.05) is 12.8 Å². The second kappa shape index (κ2) is 3.88. The molecule has 0 heterocycles. The van der Waals surface area contributed by atoms with Crippen LogP contribution >= 0.6 is 11.9 Å². The molecule has 0 aliphatic heterocycles. The first kappa shape index (κ1) is 8.95. The van der Waals surface area contributed by atoms with Gasteiger partial charge < -0.3 is 0 Å². The van der Waals surface area contributed by atoms with E-state index in [1.807, 2.05) is 0 Å². The van der Waals surface area contributed by atoms with Gasteiger partial charge in [0.25, 0.3) is 0 Å². The summed E-state index contributed by atoms with van der Waals surface area (Å²) in [7, 11) is 1.69. The van der Waals surface area contributed by atoms with Gasteiger partial charge in [0, 0.05) is 12.8 Å². The van der Waals surface area contributed by atoms with E-state index >= 15 is 0 Å². The zero-order chi connectivity index (χ0) is 7.33. The van der Waals surface area contributed by atoms with E-state index in [0.717, 1.165) is 5.75 Å². The topological polar surface area (TPSA) is 24.7 Å². The number of hydrogen-bond acceptors (Lipinski definition) is 3. The van der Waals surface area contributed by atoms with Crippen molar-refractivity contribution in [2.45, 2.75) is 20.8 Å². The fraction of sp³-hybridized carbons (Fsp3) is 1.00. The van der Waals surface area contributed by atoms with E-state index < -0.39 is 0 Å². The van der Waals surface area contributed by atoms with Crippen LogP contribution in [0, 0.1) is 5.41 Å². The summed E-state index contributed by atoms with van der Waals surface area (Å²) in [5.41, 5.74) is 0.360. The van der Waals surface area contributed by atoms with Gasteiger partial charge in [-0.25, -0.2) is 0 Å². The number of rotatable bonds is 2. The largest absolute Gasteiger partial charge is 0.185 e. The highest BCUT2D eigenvalue weighted by Gasteiger charge is 2.08. The molecule has 0 aliphatic carbocycles. The summed E-state index contributed by atoms with van der Waals surface area (Å²) in [4.78, 5) is 0. The third-order valence-electron chi connectivity index (χ3n) is 0.637. The Kier molecular flexibility index (Phi) is 3.86. The van der Waals surface area contributed by atoms with Crippen LogP contribution in [0.4, 0.5) is 0 Å². The molecule has 0 aliphatic rings. The van der Waals surface area contributed by atoms with Crippen LogP contribution in [0.15, 0.2) is 9.63 Å². The summed E-state index contributed by atoms with van der Waals surface area (Å²) in [6.07, 6.45) is 0. The maximum atomic E-state index is 3.80. The third kappa shape index (κ3) is 7.95. The van der Waals surface area contributed by atoms with E-state index in [4.69, 9.17) is 0 Å². The fourth-order valence-electron chi connectivity index (χ4n) is 0.280. The molecule has 9 heavy (non-hydrogen) atoms. The summed E-state index contributed by atoms with van der Waals surface area (Å²) in [6.45, 7) is 6.56. The molecule has 0 amide bonds. The summed E-state index contributed by atoms with van der Waals surface area (Å²) < 4.78 is 3.80. The summed E-state index contributed by atoms with van der Waals surface area (Å²) in [6, 6.07) is 0. The Balaban J connectivity index is 3.28. The molecule has 0 saturated carbocycles. The van der Waals surface area contributed by atoms with Gasteiger partial charge >= 0.3 is 0 Å². The Hall–Kier alpha value is -0.0500. The van der Waals surface area contributed by atoms with Crippen molar-refractivity contribution in [3.63, 3.8) is 0 Å². The molecule has 0 rings (SSSR count). The molecule has 2 nitrogen and oxygen atoms in total. The molecule has 0 fully saturated rings. The van der Waals surface area contributed by atoms with Gasteiger partial charge in [-0.05, 0) is 17.4 Å². The smallest absolute Gasteiger partial charge is 0.0498 e. The first-order chi connectivity index (χ1) is 4.06. The van der Waals surface area contributed by atoms with Crippen molar-refractivity contribution in [2.24, 2.45) is 15.0 Å². The van der Waals surface area contributed by atoms with E-state index in [0.29, 0.717) is 5.41 Å². The minimum Gasteiger partial charge on any atom is -0.185 e. The van der Waals surface area contributed by atoms with Crippen LogP contribution in [0.2, 0.25) is 0 Å². The van der Waals surface area contributed by atoms with Gasteiger partial charge in [-0.2, -0.15) is 5.11 Å². The number of hydrogen-bond donors (Lipinski definition) is 0. The molecular weight excluding hydrogens is 132 g/mol. The monoisotopic (exact) mass is 146 g/mol. The van der Waals surface area contributed by atoms with Crippen LogP contribution < -0.4 is 0 Å². The van der Waals surface area contributed by atoms with Gasteiger partial charge in [-0.15, -0.1) is 4.52 Å².